The highest BCUT2D eigenvalue weighted by atomic mass is 19.4. The van der Waals surface area contributed by atoms with E-state index in [2.05, 4.69) is 0 Å². The van der Waals surface area contributed by atoms with Gasteiger partial charge >= 0.3 is 12.1 Å². The lowest BCUT2D eigenvalue weighted by atomic mass is 9.84. The number of methoxy groups -OCH3 is 1. The minimum atomic E-state index is -4.55. The zero-order valence-electron chi connectivity index (χ0n) is 13.4. The summed E-state index contributed by atoms with van der Waals surface area (Å²) in [7, 11) is 1.31. The molecule has 6 heteroatoms. The highest BCUT2D eigenvalue weighted by Gasteiger charge is 2.35. The number of aromatic carboxylic acids is 1. The molecule has 0 heterocycles. The minimum Gasteiger partial charge on any atom is -0.497 e. The van der Waals surface area contributed by atoms with E-state index in [4.69, 9.17) is 4.74 Å². The molecule has 3 rings (SSSR count). The fourth-order valence-corrected chi connectivity index (χ4v) is 3.03. The van der Waals surface area contributed by atoms with Crippen LogP contribution in [0.5, 0.6) is 5.75 Å². The number of halogens is 3. The number of carboxylic acids is 1. The largest absolute Gasteiger partial charge is 0.497 e. The van der Waals surface area contributed by atoms with Crippen LogP contribution in [0.15, 0.2) is 42.5 Å². The molecule has 0 bridgehead atoms. The van der Waals surface area contributed by atoms with Gasteiger partial charge in [-0.2, -0.15) is 13.2 Å². The number of hydrogen-bond donors (Lipinski definition) is 1. The Balaban J connectivity index is 2.20. The summed E-state index contributed by atoms with van der Waals surface area (Å²) < 4.78 is 45.5. The van der Waals surface area contributed by atoms with Gasteiger partial charge in [-0.3, -0.25) is 0 Å². The van der Waals surface area contributed by atoms with E-state index in [1.807, 2.05) is 0 Å². The number of carbonyl (C=O) groups is 1. The zero-order chi connectivity index (χ0) is 18.2. The summed E-state index contributed by atoms with van der Waals surface area (Å²) in [5.74, 6) is -0.995. The van der Waals surface area contributed by atoms with E-state index in [0.29, 0.717) is 24.0 Å². The molecule has 1 N–H and O–H groups in total. The smallest absolute Gasteiger partial charge is 0.417 e. The molecule has 0 unspecified atom stereocenters. The van der Waals surface area contributed by atoms with Crippen LogP contribution in [-0.4, -0.2) is 18.2 Å². The average Bonchev–Trinajstić information content (AvgIpc) is 2.59. The van der Waals surface area contributed by atoms with E-state index in [1.54, 1.807) is 12.1 Å². The Hall–Kier alpha value is -2.76. The Bertz CT molecular complexity index is 867. The summed E-state index contributed by atoms with van der Waals surface area (Å²) in [6.07, 6.45) is -1.56. The number of benzene rings is 2. The van der Waals surface area contributed by atoms with E-state index in [-0.39, 0.29) is 16.9 Å². The number of carboxylic acid groups (broad SMARTS) is 1. The molecular formula is C19H15F3O3. The molecule has 0 aliphatic heterocycles. The molecule has 0 saturated carbocycles. The van der Waals surface area contributed by atoms with Crippen LogP contribution >= 0.6 is 0 Å². The predicted molar refractivity (Wildman–Crippen MR) is 86.8 cm³/mol. The number of allylic oxidation sites excluding steroid dienone is 1. The van der Waals surface area contributed by atoms with E-state index >= 15 is 0 Å². The Morgan fingerprint density at radius 2 is 1.88 bits per heavy atom. The molecular weight excluding hydrogens is 333 g/mol. The first-order valence-electron chi connectivity index (χ1n) is 7.63. The fraction of sp³-hybridized carbons (Fsp3) is 0.211. The van der Waals surface area contributed by atoms with Crippen LogP contribution in [0, 0.1) is 0 Å². The summed E-state index contributed by atoms with van der Waals surface area (Å²) in [5, 5.41) is 9.18. The van der Waals surface area contributed by atoms with Crippen molar-refractivity contribution in [3.05, 3.63) is 70.3 Å². The van der Waals surface area contributed by atoms with Crippen LogP contribution in [0.2, 0.25) is 0 Å². The van der Waals surface area contributed by atoms with Crippen molar-refractivity contribution in [2.24, 2.45) is 0 Å². The fourth-order valence-electron chi connectivity index (χ4n) is 3.03. The molecule has 3 nitrogen and oxygen atoms in total. The average molecular weight is 348 g/mol. The van der Waals surface area contributed by atoms with Crippen molar-refractivity contribution in [3.63, 3.8) is 0 Å². The van der Waals surface area contributed by atoms with Gasteiger partial charge in [0.1, 0.15) is 5.75 Å². The second-order valence-corrected chi connectivity index (χ2v) is 5.74. The van der Waals surface area contributed by atoms with Crippen molar-refractivity contribution in [2.45, 2.75) is 19.0 Å². The zero-order valence-corrected chi connectivity index (χ0v) is 13.4. The first-order chi connectivity index (χ1) is 11.8. The molecule has 2 aromatic rings. The topological polar surface area (TPSA) is 46.5 Å². The van der Waals surface area contributed by atoms with Gasteiger partial charge < -0.3 is 9.84 Å². The Morgan fingerprint density at radius 1 is 1.12 bits per heavy atom. The second kappa shape index (κ2) is 6.27. The number of rotatable bonds is 3. The number of aryl methyl sites for hydroxylation is 1. The highest BCUT2D eigenvalue weighted by Crippen LogP contribution is 2.41. The molecule has 1 aliphatic carbocycles. The highest BCUT2D eigenvalue weighted by molar-refractivity contribution is 5.92. The lowest BCUT2D eigenvalue weighted by molar-refractivity contribution is -0.137. The first kappa shape index (κ1) is 17.1. The Labute approximate surface area is 142 Å². The van der Waals surface area contributed by atoms with Crippen LogP contribution < -0.4 is 4.74 Å². The number of ether oxygens (including phenoxy) is 1. The van der Waals surface area contributed by atoms with Crippen molar-refractivity contribution in [1.82, 2.24) is 0 Å². The standard InChI is InChI=1S/C19H15F3O3/c1-25-13-7-8-15(17(10-13)19(20,21)22)14-4-2-3-11-5-6-12(18(23)24)9-16(11)14/h4-10H,2-3H2,1H3,(H,23,24). The molecule has 0 saturated heterocycles. The van der Waals surface area contributed by atoms with Gasteiger partial charge in [0.2, 0.25) is 0 Å². The third-order valence-electron chi connectivity index (χ3n) is 4.23. The van der Waals surface area contributed by atoms with Gasteiger partial charge in [-0.1, -0.05) is 18.2 Å². The van der Waals surface area contributed by atoms with Gasteiger partial charge in [-0.05, 0) is 59.4 Å². The summed E-state index contributed by atoms with van der Waals surface area (Å²) in [5.41, 5.74) is 1.05. The number of fused-ring (bicyclic) bond motifs is 1. The molecule has 2 aromatic carbocycles. The predicted octanol–water partition coefficient (Wildman–Crippen LogP) is 4.79. The first-order valence-corrected chi connectivity index (χ1v) is 7.63. The molecule has 25 heavy (non-hydrogen) atoms. The normalized spacial score (nSPS) is 13.8. The summed E-state index contributed by atoms with van der Waals surface area (Å²) in [6.45, 7) is 0. The third kappa shape index (κ3) is 3.24. The number of alkyl halides is 3. The monoisotopic (exact) mass is 348 g/mol. The minimum absolute atomic E-state index is 0.0248. The Kier molecular flexibility index (Phi) is 4.29. The van der Waals surface area contributed by atoms with Gasteiger partial charge in [0.15, 0.2) is 0 Å². The van der Waals surface area contributed by atoms with Crippen molar-refractivity contribution in [1.29, 1.82) is 0 Å². The molecule has 0 radical (unpaired) electrons. The maximum atomic E-state index is 13.5. The van der Waals surface area contributed by atoms with Gasteiger partial charge in [0.25, 0.3) is 0 Å². The lowest BCUT2D eigenvalue weighted by Crippen LogP contribution is -2.12. The van der Waals surface area contributed by atoms with Gasteiger partial charge in [-0.15, -0.1) is 0 Å². The van der Waals surface area contributed by atoms with Crippen molar-refractivity contribution in [2.75, 3.05) is 7.11 Å². The molecule has 0 fully saturated rings. The Morgan fingerprint density at radius 3 is 2.52 bits per heavy atom. The van der Waals surface area contributed by atoms with Crippen LogP contribution in [0.4, 0.5) is 13.2 Å². The van der Waals surface area contributed by atoms with Crippen molar-refractivity contribution in [3.8, 4) is 5.75 Å². The lowest BCUT2D eigenvalue weighted by Gasteiger charge is -2.22. The quantitative estimate of drug-likeness (QED) is 0.867. The van der Waals surface area contributed by atoms with Crippen LogP contribution in [0.25, 0.3) is 5.57 Å². The van der Waals surface area contributed by atoms with Crippen LogP contribution in [0.1, 0.15) is 39.0 Å². The maximum absolute atomic E-state index is 13.5. The molecule has 0 amide bonds. The van der Waals surface area contributed by atoms with E-state index in [0.717, 1.165) is 11.6 Å². The van der Waals surface area contributed by atoms with Gasteiger partial charge in [-0.25, -0.2) is 4.79 Å². The van der Waals surface area contributed by atoms with Gasteiger partial charge in [0.05, 0.1) is 18.2 Å². The second-order valence-electron chi connectivity index (χ2n) is 5.74. The molecule has 0 atom stereocenters. The van der Waals surface area contributed by atoms with Crippen LogP contribution in [0.3, 0.4) is 0 Å². The van der Waals surface area contributed by atoms with E-state index < -0.39 is 17.7 Å². The molecule has 130 valence electrons. The van der Waals surface area contributed by atoms with E-state index in [1.165, 1.54) is 31.4 Å². The summed E-state index contributed by atoms with van der Waals surface area (Å²) in [6, 6.07) is 8.39. The summed E-state index contributed by atoms with van der Waals surface area (Å²) >= 11 is 0. The summed E-state index contributed by atoms with van der Waals surface area (Å²) in [4.78, 5) is 11.2. The van der Waals surface area contributed by atoms with E-state index in [9.17, 15) is 23.1 Å². The SMILES string of the molecule is COc1ccc(C2=CCCc3ccc(C(=O)O)cc32)c(C(F)(F)F)c1. The van der Waals surface area contributed by atoms with Gasteiger partial charge in [0, 0.05) is 0 Å². The van der Waals surface area contributed by atoms with Crippen molar-refractivity contribution >= 4 is 11.5 Å². The number of hydrogen-bond acceptors (Lipinski definition) is 2. The molecule has 1 aliphatic rings. The molecule has 0 spiro atoms. The molecule has 0 aromatic heterocycles. The maximum Gasteiger partial charge on any atom is 0.417 e. The van der Waals surface area contributed by atoms with Crippen LogP contribution in [-0.2, 0) is 12.6 Å². The van der Waals surface area contributed by atoms with Crippen molar-refractivity contribution < 1.29 is 27.8 Å². The third-order valence-corrected chi connectivity index (χ3v) is 4.23.